The fourth-order valence-corrected chi connectivity index (χ4v) is 2.37. The second-order valence-corrected chi connectivity index (χ2v) is 4.94. The van der Waals surface area contributed by atoms with Crippen molar-refractivity contribution in [3.05, 3.63) is 29.8 Å². The van der Waals surface area contributed by atoms with Gasteiger partial charge in [0.05, 0.1) is 24.2 Å². The van der Waals surface area contributed by atoms with Crippen LogP contribution in [0.2, 0.25) is 0 Å². The summed E-state index contributed by atoms with van der Waals surface area (Å²) in [5.74, 6) is -0.822. The van der Waals surface area contributed by atoms with E-state index in [1.54, 1.807) is 10.9 Å². The normalized spacial score (nSPS) is 10.8. The fraction of sp³-hybridized carbons (Fsp3) is 0.364. The van der Waals surface area contributed by atoms with Gasteiger partial charge < -0.3 is 9.67 Å². The summed E-state index contributed by atoms with van der Waals surface area (Å²) in [6.45, 7) is 2.54. The predicted molar refractivity (Wildman–Crippen MR) is 67.6 cm³/mol. The average Bonchev–Trinajstić information content (AvgIpc) is 2.83. The maximum Gasteiger partial charge on any atom is 0.313 e. The van der Waals surface area contributed by atoms with Crippen molar-refractivity contribution >= 4 is 17.7 Å². The van der Waals surface area contributed by atoms with Crippen LogP contribution in [0, 0.1) is 6.92 Å². The average molecular weight is 266 g/mol. The zero-order valence-electron chi connectivity index (χ0n) is 10.2. The molecular weight excluding hydrogens is 252 g/mol. The first-order valence-corrected chi connectivity index (χ1v) is 6.39. The van der Waals surface area contributed by atoms with Crippen LogP contribution in [0.4, 0.5) is 0 Å². The molecule has 96 valence electrons. The largest absolute Gasteiger partial charge is 0.481 e. The highest BCUT2D eigenvalue weighted by Crippen LogP contribution is 2.18. The minimum Gasteiger partial charge on any atom is -0.481 e. The number of carboxylic acids is 1. The number of hydrogen-bond donors (Lipinski definition) is 1. The molecule has 2 aromatic rings. The Morgan fingerprint density at radius 3 is 2.89 bits per heavy atom. The number of thioether (sulfide) groups is 1. The molecule has 2 heterocycles. The Morgan fingerprint density at radius 1 is 1.50 bits per heavy atom. The van der Waals surface area contributed by atoms with Crippen molar-refractivity contribution in [1.82, 2.24) is 19.3 Å². The van der Waals surface area contributed by atoms with Crippen LogP contribution in [0.3, 0.4) is 0 Å². The van der Waals surface area contributed by atoms with E-state index in [2.05, 4.69) is 10.1 Å². The van der Waals surface area contributed by atoms with Gasteiger partial charge in [-0.3, -0.25) is 9.48 Å². The summed E-state index contributed by atoms with van der Waals surface area (Å²) in [5, 5.41) is 13.5. The minimum absolute atomic E-state index is 0.0174. The van der Waals surface area contributed by atoms with E-state index in [1.807, 2.05) is 30.9 Å². The number of imidazole rings is 1. The number of nitrogens with zero attached hydrogens (tertiary/aromatic N) is 4. The molecule has 0 aliphatic rings. The molecule has 2 aromatic heterocycles. The molecule has 0 amide bonds. The van der Waals surface area contributed by atoms with Crippen molar-refractivity contribution in [2.45, 2.75) is 18.6 Å². The van der Waals surface area contributed by atoms with Gasteiger partial charge in [-0.15, -0.1) is 0 Å². The third kappa shape index (κ3) is 3.13. The zero-order valence-corrected chi connectivity index (χ0v) is 11.0. The Morgan fingerprint density at radius 2 is 2.28 bits per heavy atom. The maximum atomic E-state index is 10.6. The highest BCUT2D eigenvalue weighted by atomic mass is 32.2. The third-order valence-corrected chi connectivity index (χ3v) is 3.27. The fourth-order valence-electron chi connectivity index (χ4n) is 1.63. The molecule has 0 unspecified atom stereocenters. The second kappa shape index (κ2) is 5.26. The van der Waals surface area contributed by atoms with E-state index in [1.165, 1.54) is 11.8 Å². The Labute approximate surface area is 109 Å². The molecule has 0 atom stereocenters. The first kappa shape index (κ1) is 12.7. The Bertz CT molecular complexity index is 561. The van der Waals surface area contributed by atoms with E-state index < -0.39 is 5.97 Å². The number of carbonyl (C=O) groups is 1. The standard InChI is InChI=1S/C11H14N4O2S/c1-8-4-15(6-9-3-12-14(2)5-9)11(13-8)18-7-10(16)17/h3-5H,6-7H2,1-2H3,(H,16,17). The van der Waals surface area contributed by atoms with Crippen molar-refractivity contribution < 1.29 is 9.90 Å². The van der Waals surface area contributed by atoms with E-state index >= 15 is 0 Å². The molecule has 0 aromatic carbocycles. The van der Waals surface area contributed by atoms with Gasteiger partial charge in [0.15, 0.2) is 5.16 Å². The molecule has 0 aliphatic heterocycles. The smallest absolute Gasteiger partial charge is 0.313 e. The van der Waals surface area contributed by atoms with E-state index in [0.717, 1.165) is 16.4 Å². The lowest BCUT2D eigenvalue weighted by Crippen LogP contribution is -2.03. The highest BCUT2D eigenvalue weighted by Gasteiger charge is 2.09. The number of aryl methyl sites for hydroxylation is 2. The molecule has 0 fully saturated rings. The number of rotatable bonds is 5. The van der Waals surface area contributed by atoms with Crippen LogP contribution in [-0.4, -0.2) is 36.2 Å². The lowest BCUT2D eigenvalue weighted by Gasteiger charge is -2.04. The van der Waals surface area contributed by atoms with Crippen molar-refractivity contribution in [1.29, 1.82) is 0 Å². The second-order valence-electron chi connectivity index (χ2n) is 4.00. The van der Waals surface area contributed by atoms with Crippen LogP contribution in [-0.2, 0) is 18.4 Å². The molecule has 0 spiro atoms. The lowest BCUT2D eigenvalue weighted by molar-refractivity contribution is -0.133. The van der Waals surface area contributed by atoms with Crippen LogP contribution in [0.1, 0.15) is 11.3 Å². The molecular formula is C11H14N4O2S. The summed E-state index contributed by atoms with van der Waals surface area (Å²) in [7, 11) is 1.86. The zero-order chi connectivity index (χ0) is 13.1. The van der Waals surface area contributed by atoms with Gasteiger partial charge >= 0.3 is 5.97 Å². The SMILES string of the molecule is Cc1cn(Cc2cnn(C)c2)c(SCC(=O)O)n1. The summed E-state index contributed by atoms with van der Waals surface area (Å²) < 4.78 is 3.68. The van der Waals surface area contributed by atoms with Crippen LogP contribution < -0.4 is 0 Å². The van der Waals surface area contributed by atoms with Crippen molar-refractivity contribution in [3.8, 4) is 0 Å². The van der Waals surface area contributed by atoms with E-state index in [0.29, 0.717) is 6.54 Å². The summed E-state index contributed by atoms with van der Waals surface area (Å²) in [6.07, 6.45) is 5.64. The summed E-state index contributed by atoms with van der Waals surface area (Å²) >= 11 is 1.23. The maximum absolute atomic E-state index is 10.6. The van der Waals surface area contributed by atoms with Crippen LogP contribution >= 0.6 is 11.8 Å². The van der Waals surface area contributed by atoms with Gasteiger partial charge in [-0.05, 0) is 6.92 Å². The van der Waals surface area contributed by atoms with Gasteiger partial charge in [0, 0.05) is 25.0 Å². The molecule has 6 nitrogen and oxygen atoms in total. The van der Waals surface area contributed by atoms with Gasteiger partial charge in [0.2, 0.25) is 0 Å². The van der Waals surface area contributed by atoms with Gasteiger partial charge in [0.1, 0.15) is 0 Å². The summed E-state index contributed by atoms with van der Waals surface area (Å²) in [5.41, 5.74) is 1.94. The van der Waals surface area contributed by atoms with E-state index in [9.17, 15) is 4.79 Å². The van der Waals surface area contributed by atoms with Crippen molar-refractivity contribution in [2.75, 3.05) is 5.75 Å². The Balaban J connectivity index is 2.14. The van der Waals surface area contributed by atoms with Crippen LogP contribution in [0.5, 0.6) is 0 Å². The molecule has 0 bridgehead atoms. The van der Waals surface area contributed by atoms with Crippen molar-refractivity contribution in [3.63, 3.8) is 0 Å². The first-order valence-electron chi connectivity index (χ1n) is 5.40. The number of aromatic nitrogens is 4. The molecule has 0 radical (unpaired) electrons. The Kier molecular flexibility index (Phi) is 3.71. The number of aliphatic carboxylic acids is 1. The molecule has 0 aliphatic carbocycles. The summed E-state index contributed by atoms with van der Waals surface area (Å²) in [6, 6.07) is 0. The Hall–Kier alpha value is -1.76. The third-order valence-electron chi connectivity index (χ3n) is 2.30. The van der Waals surface area contributed by atoms with Gasteiger partial charge in [-0.1, -0.05) is 11.8 Å². The van der Waals surface area contributed by atoms with Crippen LogP contribution in [0.15, 0.2) is 23.7 Å². The molecule has 0 saturated carbocycles. The first-order chi connectivity index (χ1) is 8.54. The lowest BCUT2D eigenvalue weighted by atomic mass is 10.3. The van der Waals surface area contributed by atoms with Gasteiger partial charge in [-0.25, -0.2) is 4.98 Å². The summed E-state index contributed by atoms with van der Waals surface area (Å²) in [4.78, 5) is 14.9. The predicted octanol–water partition coefficient (Wildman–Crippen LogP) is 1.15. The molecule has 1 N–H and O–H groups in total. The molecule has 7 heteroatoms. The molecule has 2 rings (SSSR count). The molecule has 18 heavy (non-hydrogen) atoms. The monoisotopic (exact) mass is 266 g/mol. The minimum atomic E-state index is -0.839. The highest BCUT2D eigenvalue weighted by molar-refractivity contribution is 7.99. The van der Waals surface area contributed by atoms with Gasteiger partial charge in [-0.2, -0.15) is 5.10 Å². The van der Waals surface area contributed by atoms with Gasteiger partial charge in [0.25, 0.3) is 0 Å². The van der Waals surface area contributed by atoms with E-state index in [4.69, 9.17) is 5.11 Å². The van der Waals surface area contributed by atoms with E-state index in [-0.39, 0.29) is 5.75 Å². The topological polar surface area (TPSA) is 72.9 Å². The quantitative estimate of drug-likeness (QED) is 0.822. The number of carboxylic acid groups (broad SMARTS) is 1. The molecule has 0 saturated heterocycles. The number of hydrogen-bond acceptors (Lipinski definition) is 4. The van der Waals surface area contributed by atoms with Crippen molar-refractivity contribution in [2.24, 2.45) is 7.05 Å². The van der Waals surface area contributed by atoms with Crippen LogP contribution in [0.25, 0.3) is 0 Å².